The second-order valence-electron chi connectivity index (χ2n) is 7.05. The van der Waals surface area contributed by atoms with E-state index in [0.717, 1.165) is 51.1 Å². The highest BCUT2D eigenvalue weighted by atomic mass is 16.2. The van der Waals surface area contributed by atoms with E-state index in [-0.39, 0.29) is 17.7 Å². The van der Waals surface area contributed by atoms with Crippen molar-refractivity contribution in [3.05, 3.63) is 29.8 Å². The molecule has 5 heteroatoms. The molecule has 2 aliphatic rings. The summed E-state index contributed by atoms with van der Waals surface area (Å²) in [4.78, 5) is 30.6. The number of hydrogen-bond acceptors (Lipinski definition) is 3. The monoisotopic (exact) mass is 329 g/mol. The van der Waals surface area contributed by atoms with Crippen LogP contribution >= 0.6 is 0 Å². The van der Waals surface area contributed by atoms with Gasteiger partial charge in [-0.05, 0) is 37.4 Å². The number of piperidine rings is 1. The first-order valence-corrected chi connectivity index (χ1v) is 8.88. The highest BCUT2D eigenvalue weighted by Gasteiger charge is 2.28. The number of carbonyl (C=O) groups is 2. The lowest BCUT2D eigenvalue weighted by molar-refractivity contribution is -0.134. The van der Waals surface area contributed by atoms with E-state index in [1.807, 2.05) is 37.2 Å². The van der Waals surface area contributed by atoms with Crippen molar-refractivity contribution in [2.75, 3.05) is 45.2 Å². The van der Waals surface area contributed by atoms with E-state index in [4.69, 9.17) is 0 Å². The van der Waals surface area contributed by atoms with Gasteiger partial charge in [-0.1, -0.05) is 18.2 Å². The zero-order valence-electron chi connectivity index (χ0n) is 14.7. The summed E-state index contributed by atoms with van der Waals surface area (Å²) in [5.41, 5.74) is 2.34. The molecule has 0 spiro atoms. The molecule has 2 amide bonds. The molecule has 1 saturated heterocycles. The van der Waals surface area contributed by atoms with Crippen molar-refractivity contribution in [1.82, 2.24) is 9.80 Å². The van der Waals surface area contributed by atoms with E-state index in [1.165, 1.54) is 5.56 Å². The molecule has 0 aliphatic carbocycles. The molecule has 1 aromatic carbocycles. The fraction of sp³-hybridized carbons (Fsp3) is 0.579. The van der Waals surface area contributed by atoms with Crippen LogP contribution in [0.4, 0.5) is 5.69 Å². The Morgan fingerprint density at radius 3 is 2.79 bits per heavy atom. The quantitative estimate of drug-likeness (QED) is 0.845. The first-order chi connectivity index (χ1) is 11.6. The molecule has 2 heterocycles. The summed E-state index contributed by atoms with van der Waals surface area (Å²) in [5, 5.41) is 0. The Labute approximate surface area is 144 Å². The average Bonchev–Trinajstić information content (AvgIpc) is 3.03. The van der Waals surface area contributed by atoms with Gasteiger partial charge in [0.1, 0.15) is 0 Å². The second kappa shape index (κ2) is 7.34. The molecule has 1 atom stereocenters. The Kier molecular flexibility index (Phi) is 5.19. The third kappa shape index (κ3) is 3.61. The molecule has 1 unspecified atom stereocenters. The Bertz CT molecular complexity index is 614. The maximum atomic E-state index is 12.6. The number of hydrogen-bond donors (Lipinski definition) is 0. The SMILES string of the molecule is CN(C)C(=O)C1CCCN(CCC(=O)N2CCc3ccccc32)C1. The average molecular weight is 329 g/mol. The van der Waals surface area contributed by atoms with Gasteiger partial charge >= 0.3 is 0 Å². The number of anilines is 1. The predicted molar refractivity (Wildman–Crippen MR) is 95.0 cm³/mol. The third-order valence-corrected chi connectivity index (χ3v) is 5.13. The summed E-state index contributed by atoms with van der Waals surface area (Å²) in [5.74, 6) is 0.483. The van der Waals surface area contributed by atoms with E-state index in [2.05, 4.69) is 11.0 Å². The Morgan fingerprint density at radius 2 is 2.00 bits per heavy atom. The lowest BCUT2D eigenvalue weighted by atomic mass is 9.96. The fourth-order valence-electron chi connectivity index (χ4n) is 3.81. The van der Waals surface area contributed by atoms with Crippen molar-refractivity contribution in [2.45, 2.75) is 25.7 Å². The van der Waals surface area contributed by atoms with Crippen LogP contribution in [0.1, 0.15) is 24.8 Å². The summed E-state index contributed by atoms with van der Waals surface area (Å²) in [6, 6.07) is 8.16. The number of amides is 2. The maximum absolute atomic E-state index is 12.6. The summed E-state index contributed by atoms with van der Waals surface area (Å²) in [7, 11) is 3.63. The highest BCUT2D eigenvalue weighted by Crippen LogP contribution is 2.28. The number of carbonyl (C=O) groups excluding carboxylic acids is 2. The van der Waals surface area contributed by atoms with E-state index >= 15 is 0 Å². The molecule has 24 heavy (non-hydrogen) atoms. The van der Waals surface area contributed by atoms with Crippen LogP contribution in [0, 0.1) is 5.92 Å². The van der Waals surface area contributed by atoms with Gasteiger partial charge in [0, 0.05) is 45.8 Å². The van der Waals surface area contributed by atoms with Crippen LogP contribution in [0.2, 0.25) is 0 Å². The summed E-state index contributed by atoms with van der Waals surface area (Å²) in [6.07, 6.45) is 3.47. The number of nitrogens with zero attached hydrogens (tertiary/aromatic N) is 3. The molecule has 3 rings (SSSR count). The zero-order chi connectivity index (χ0) is 17.1. The molecule has 0 saturated carbocycles. The van der Waals surface area contributed by atoms with E-state index < -0.39 is 0 Å². The molecule has 5 nitrogen and oxygen atoms in total. The molecule has 0 N–H and O–H groups in total. The standard InChI is InChI=1S/C19H27N3O2/c1-20(2)19(24)16-7-5-11-21(14-16)12-10-18(23)22-13-9-15-6-3-4-8-17(15)22/h3-4,6,8,16H,5,7,9-14H2,1-2H3. The van der Waals surface area contributed by atoms with Gasteiger partial charge in [-0.15, -0.1) is 0 Å². The smallest absolute Gasteiger partial charge is 0.228 e. The van der Waals surface area contributed by atoms with Crippen molar-refractivity contribution in [2.24, 2.45) is 5.92 Å². The van der Waals surface area contributed by atoms with E-state index in [1.54, 1.807) is 4.90 Å². The Hall–Kier alpha value is -1.88. The van der Waals surface area contributed by atoms with Gasteiger partial charge in [0.25, 0.3) is 0 Å². The van der Waals surface area contributed by atoms with Crippen molar-refractivity contribution >= 4 is 17.5 Å². The normalized spacial score (nSPS) is 20.8. The van der Waals surface area contributed by atoms with Crippen LogP contribution in [0.15, 0.2) is 24.3 Å². The fourth-order valence-corrected chi connectivity index (χ4v) is 3.81. The molecule has 1 fully saturated rings. The number of benzene rings is 1. The van der Waals surface area contributed by atoms with Crippen LogP contribution in [-0.4, -0.2) is 61.9 Å². The molecular formula is C19H27N3O2. The number of likely N-dealkylation sites (tertiary alicyclic amines) is 1. The molecule has 0 bridgehead atoms. The number of para-hydroxylation sites is 1. The van der Waals surface area contributed by atoms with E-state index in [9.17, 15) is 9.59 Å². The number of rotatable bonds is 4. The molecule has 130 valence electrons. The first-order valence-electron chi connectivity index (χ1n) is 8.88. The predicted octanol–water partition coefficient (Wildman–Crippen LogP) is 1.77. The summed E-state index contributed by atoms with van der Waals surface area (Å²) in [6.45, 7) is 3.30. The van der Waals surface area contributed by atoms with Crippen molar-refractivity contribution in [3.8, 4) is 0 Å². The molecular weight excluding hydrogens is 302 g/mol. The van der Waals surface area contributed by atoms with Gasteiger partial charge < -0.3 is 14.7 Å². The van der Waals surface area contributed by atoms with Gasteiger partial charge in [-0.3, -0.25) is 9.59 Å². The minimum Gasteiger partial charge on any atom is -0.349 e. The van der Waals surface area contributed by atoms with Gasteiger partial charge in [-0.2, -0.15) is 0 Å². The Balaban J connectivity index is 1.53. The van der Waals surface area contributed by atoms with Crippen LogP contribution < -0.4 is 4.90 Å². The van der Waals surface area contributed by atoms with Crippen LogP contribution in [-0.2, 0) is 16.0 Å². The highest BCUT2D eigenvalue weighted by molar-refractivity contribution is 5.95. The van der Waals surface area contributed by atoms with Crippen molar-refractivity contribution in [1.29, 1.82) is 0 Å². The zero-order valence-corrected chi connectivity index (χ0v) is 14.7. The van der Waals surface area contributed by atoms with Crippen molar-refractivity contribution in [3.63, 3.8) is 0 Å². The Morgan fingerprint density at radius 1 is 1.21 bits per heavy atom. The van der Waals surface area contributed by atoms with Gasteiger partial charge in [0.15, 0.2) is 0 Å². The van der Waals surface area contributed by atoms with Gasteiger partial charge in [0.2, 0.25) is 11.8 Å². The molecule has 1 aromatic rings. The van der Waals surface area contributed by atoms with Gasteiger partial charge in [-0.25, -0.2) is 0 Å². The largest absolute Gasteiger partial charge is 0.349 e. The van der Waals surface area contributed by atoms with Crippen LogP contribution in [0.3, 0.4) is 0 Å². The lowest BCUT2D eigenvalue weighted by Gasteiger charge is -2.33. The topological polar surface area (TPSA) is 43.9 Å². The minimum atomic E-state index is 0.0800. The second-order valence-corrected chi connectivity index (χ2v) is 7.05. The first kappa shape index (κ1) is 17.0. The third-order valence-electron chi connectivity index (χ3n) is 5.13. The molecule has 0 radical (unpaired) electrons. The summed E-state index contributed by atoms with van der Waals surface area (Å²) < 4.78 is 0. The maximum Gasteiger partial charge on any atom is 0.228 e. The lowest BCUT2D eigenvalue weighted by Crippen LogP contribution is -2.44. The summed E-state index contributed by atoms with van der Waals surface area (Å²) >= 11 is 0. The van der Waals surface area contributed by atoms with Crippen molar-refractivity contribution < 1.29 is 9.59 Å². The van der Waals surface area contributed by atoms with E-state index in [0.29, 0.717) is 6.42 Å². The number of fused-ring (bicyclic) bond motifs is 1. The van der Waals surface area contributed by atoms with Gasteiger partial charge in [0.05, 0.1) is 5.92 Å². The molecule has 2 aliphatic heterocycles. The molecule has 0 aromatic heterocycles. The van der Waals surface area contributed by atoms with Crippen LogP contribution in [0.25, 0.3) is 0 Å². The minimum absolute atomic E-state index is 0.0800. The van der Waals surface area contributed by atoms with Crippen LogP contribution in [0.5, 0.6) is 0 Å².